The molecule has 2 fully saturated rings. The number of sulfone groups is 1. The van der Waals surface area contributed by atoms with Crippen LogP contribution >= 0.6 is 24.0 Å². The molecule has 2 aliphatic heterocycles. The highest BCUT2D eigenvalue weighted by molar-refractivity contribution is 8.26. The van der Waals surface area contributed by atoms with E-state index in [1.54, 1.807) is 25.1 Å². The van der Waals surface area contributed by atoms with Crippen LogP contribution in [0, 0.1) is 5.82 Å². The Bertz CT molecular complexity index is 977. The second kappa shape index (κ2) is 7.92. The van der Waals surface area contributed by atoms with Crippen molar-refractivity contribution in [3.63, 3.8) is 0 Å². The van der Waals surface area contributed by atoms with E-state index in [1.165, 1.54) is 29.0 Å². The maximum Gasteiger partial charge on any atom is 0.266 e. The molecule has 2 atom stereocenters. The van der Waals surface area contributed by atoms with Gasteiger partial charge in [-0.25, -0.2) is 12.8 Å². The molecule has 0 unspecified atom stereocenters. The molecule has 0 saturated carbocycles. The molecule has 150 valence electrons. The van der Waals surface area contributed by atoms with Crippen molar-refractivity contribution in [2.24, 2.45) is 0 Å². The predicted molar refractivity (Wildman–Crippen MR) is 111 cm³/mol. The highest BCUT2D eigenvalue weighted by Crippen LogP contribution is 2.34. The van der Waals surface area contributed by atoms with Crippen molar-refractivity contribution in [3.05, 3.63) is 40.6 Å². The molecule has 28 heavy (non-hydrogen) atoms. The van der Waals surface area contributed by atoms with Crippen molar-refractivity contribution in [1.82, 2.24) is 9.80 Å². The van der Waals surface area contributed by atoms with Crippen LogP contribution in [0.25, 0.3) is 6.08 Å². The second-order valence-electron chi connectivity index (χ2n) is 6.76. The SMILES string of the molecule is C[C@H](C(=O)N(C)[C@H]1CCS(=O)(=O)C1)N1C(=O)/C(=C\c2ccccc2F)SC1=S. The van der Waals surface area contributed by atoms with E-state index in [0.717, 1.165) is 11.8 Å². The molecule has 2 saturated heterocycles. The van der Waals surface area contributed by atoms with E-state index in [2.05, 4.69) is 0 Å². The number of carbonyl (C=O) groups is 2. The van der Waals surface area contributed by atoms with Crippen LogP contribution < -0.4 is 0 Å². The van der Waals surface area contributed by atoms with Gasteiger partial charge in [0.15, 0.2) is 9.84 Å². The first-order valence-electron chi connectivity index (χ1n) is 8.59. The zero-order chi connectivity index (χ0) is 20.6. The number of benzene rings is 1. The molecule has 1 aromatic carbocycles. The van der Waals surface area contributed by atoms with Gasteiger partial charge in [0.05, 0.1) is 16.4 Å². The summed E-state index contributed by atoms with van der Waals surface area (Å²) in [6, 6.07) is 4.76. The highest BCUT2D eigenvalue weighted by Gasteiger charge is 2.41. The van der Waals surface area contributed by atoms with E-state index in [1.807, 2.05) is 0 Å². The summed E-state index contributed by atoms with van der Waals surface area (Å²) in [5.74, 6) is -1.33. The van der Waals surface area contributed by atoms with Crippen LogP contribution in [-0.2, 0) is 19.4 Å². The minimum atomic E-state index is -3.14. The summed E-state index contributed by atoms with van der Waals surface area (Å²) in [7, 11) is -1.60. The van der Waals surface area contributed by atoms with Crippen LogP contribution in [0.4, 0.5) is 4.39 Å². The molecule has 2 amide bonds. The number of nitrogens with zero attached hydrogens (tertiary/aromatic N) is 2. The van der Waals surface area contributed by atoms with Gasteiger partial charge in [-0.3, -0.25) is 14.5 Å². The number of likely N-dealkylation sites (N-methyl/N-ethyl adjacent to an activating group) is 1. The molecule has 6 nitrogen and oxygen atoms in total. The number of carbonyl (C=O) groups excluding carboxylic acids is 2. The average Bonchev–Trinajstić information content (AvgIpc) is 3.14. The monoisotopic (exact) mass is 442 g/mol. The van der Waals surface area contributed by atoms with Gasteiger partial charge in [-0.15, -0.1) is 0 Å². The summed E-state index contributed by atoms with van der Waals surface area (Å²) >= 11 is 6.27. The molecular weight excluding hydrogens is 423 g/mol. The third-order valence-electron chi connectivity index (χ3n) is 4.86. The standard InChI is InChI=1S/C18H19FN2O4S3/c1-11(16(22)20(2)13-7-8-28(24,25)10-13)21-17(23)15(27-18(21)26)9-12-5-3-4-6-14(12)19/h3-6,9,11,13H,7-8,10H2,1-2H3/b15-9+/t11-,13+/m1/s1. The molecule has 2 aliphatic rings. The quantitative estimate of drug-likeness (QED) is 0.525. The lowest BCUT2D eigenvalue weighted by atomic mass is 10.1. The largest absolute Gasteiger partial charge is 0.340 e. The Labute approximate surface area is 172 Å². The number of hydrogen-bond donors (Lipinski definition) is 0. The number of amides is 2. The Morgan fingerprint density at radius 3 is 2.71 bits per heavy atom. The topological polar surface area (TPSA) is 74.8 Å². The van der Waals surface area contributed by atoms with Gasteiger partial charge in [0.1, 0.15) is 16.2 Å². The Hall–Kier alpha value is -1.78. The van der Waals surface area contributed by atoms with Crippen LogP contribution in [0.5, 0.6) is 0 Å². The van der Waals surface area contributed by atoms with Gasteiger partial charge in [-0.05, 0) is 25.5 Å². The fourth-order valence-electron chi connectivity index (χ4n) is 3.21. The third-order valence-corrected chi connectivity index (χ3v) is 7.94. The van der Waals surface area contributed by atoms with Crippen LogP contribution in [0.1, 0.15) is 18.9 Å². The van der Waals surface area contributed by atoms with E-state index in [9.17, 15) is 22.4 Å². The number of hydrogen-bond acceptors (Lipinski definition) is 6. The summed E-state index contributed by atoms with van der Waals surface area (Å²) in [5.41, 5.74) is 0.259. The first-order chi connectivity index (χ1) is 13.1. The Morgan fingerprint density at radius 2 is 2.11 bits per heavy atom. The van der Waals surface area contributed by atoms with Crippen molar-refractivity contribution in [2.45, 2.75) is 25.4 Å². The van der Waals surface area contributed by atoms with Crippen LogP contribution in [0.3, 0.4) is 0 Å². The molecular formula is C18H19FN2O4S3. The lowest BCUT2D eigenvalue weighted by Crippen LogP contribution is -2.50. The zero-order valence-corrected chi connectivity index (χ0v) is 17.7. The molecule has 10 heteroatoms. The van der Waals surface area contributed by atoms with Gasteiger partial charge in [-0.2, -0.15) is 0 Å². The number of thioether (sulfide) groups is 1. The van der Waals surface area contributed by atoms with Gasteiger partial charge in [0.25, 0.3) is 5.91 Å². The summed E-state index contributed by atoms with van der Waals surface area (Å²) in [6.45, 7) is 1.55. The smallest absolute Gasteiger partial charge is 0.266 e. The highest BCUT2D eigenvalue weighted by atomic mass is 32.2. The summed E-state index contributed by atoms with van der Waals surface area (Å²) < 4.78 is 37.4. The average molecular weight is 443 g/mol. The number of halogens is 1. The molecule has 0 bridgehead atoms. The normalized spacial score (nSPS) is 24.0. The maximum absolute atomic E-state index is 13.9. The van der Waals surface area contributed by atoms with Crippen molar-refractivity contribution in [3.8, 4) is 0 Å². The number of rotatable bonds is 4. The maximum atomic E-state index is 13.9. The molecule has 0 radical (unpaired) electrons. The summed E-state index contributed by atoms with van der Waals surface area (Å²) in [4.78, 5) is 28.4. The van der Waals surface area contributed by atoms with Crippen LogP contribution in [-0.4, -0.2) is 65.0 Å². The van der Waals surface area contributed by atoms with Crippen molar-refractivity contribution in [2.75, 3.05) is 18.6 Å². The van der Waals surface area contributed by atoms with E-state index in [4.69, 9.17) is 12.2 Å². The molecule has 0 spiro atoms. The van der Waals surface area contributed by atoms with Gasteiger partial charge >= 0.3 is 0 Å². The van der Waals surface area contributed by atoms with Crippen LogP contribution in [0.15, 0.2) is 29.2 Å². The lowest BCUT2D eigenvalue weighted by molar-refractivity contribution is -0.139. The van der Waals surface area contributed by atoms with Crippen molar-refractivity contribution < 1.29 is 22.4 Å². The summed E-state index contributed by atoms with van der Waals surface area (Å²) in [5, 5.41) is 0. The van der Waals surface area contributed by atoms with Crippen molar-refractivity contribution >= 4 is 56.0 Å². The molecule has 0 aliphatic carbocycles. The minimum absolute atomic E-state index is 0.0517. The van der Waals surface area contributed by atoms with E-state index >= 15 is 0 Å². The predicted octanol–water partition coefficient (Wildman–Crippen LogP) is 2.06. The fraction of sp³-hybridized carbons (Fsp3) is 0.389. The van der Waals surface area contributed by atoms with E-state index in [-0.39, 0.29) is 32.2 Å². The van der Waals surface area contributed by atoms with Crippen molar-refractivity contribution in [1.29, 1.82) is 0 Å². The van der Waals surface area contributed by atoms with Gasteiger partial charge < -0.3 is 4.90 Å². The van der Waals surface area contributed by atoms with Crippen LogP contribution in [0.2, 0.25) is 0 Å². The molecule has 3 rings (SSSR count). The Balaban J connectivity index is 1.77. The molecule has 0 aromatic heterocycles. The first kappa shape index (κ1) is 20.9. The Kier molecular flexibility index (Phi) is 5.92. The molecule has 2 heterocycles. The van der Waals surface area contributed by atoms with E-state index in [0.29, 0.717) is 6.42 Å². The zero-order valence-electron chi connectivity index (χ0n) is 15.3. The van der Waals surface area contributed by atoms with E-state index < -0.39 is 33.6 Å². The van der Waals surface area contributed by atoms with Gasteiger partial charge in [0.2, 0.25) is 5.91 Å². The lowest BCUT2D eigenvalue weighted by Gasteiger charge is -2.30. The second-order valence-corrected chi connectivity index (χ2v) is 10.7. The Morgan fingerprint density at radius 1 is 1.43 bits per heavy atom. The van der Waals surface area contributed by atoms with Gasteiger partial charge in [0, 0.05) is 18.7 Å². The fourth-order valence-corrected chi connectivity index (χ4v) is 6.40. The first-order valence-corrected chi connectivity index (χ1v) is 11.6. The summed E-state index contributed by atoms with van der Waals surface area (Å²) in [6.07, 6.45) is 1.79. The molecule has 1 aromatic rings. The van der Waals surface area contributed by atoms with Gasteiger partial charge in [-0.1, -0.05) is 42.2 Å². The minimum Gasteiger partial charge on any atom is -0.340 e. The molecule has 0 N–H and O–H groups in total. The third kappa shape index (κ3) is 4.13. The number of thiocarbonyl (C=S) groups is 1.